The number of nitrogens with one attached hydrogen (secondary N) is 1. The molecule has 3 N–H and O–H groups in total. The quantitative estimate of drug-likeness (QED) is 0.542. The smallest absolute Gasteiger partial charge is 0.248 e. The molecular weight excluding hydrogens is 422 g/mol. The standard InChI is InChI=1S/C21H21N3O4S2/c1-14-7-9-17(11-20(14)30(22,26)27)24-21(25)10-8-16-5-3-4-6-19(16)28-12-18-13-29-15(2)23-18/h3-11,13H,12H2,1-2H3,(H,24,25)(H2,22,26,27)/b10-8+. The van der Waals surface area contributed by atoms with Gasteiger partial charge in [0.15, 0.2) is 0 Å². The van der Waals surface area contributed by atoms with E-state index >= 15 is 0 Å². The summed E-state index contributed by atoms with van der Waals surface area (Å²) in [5.41, 5.74) is 2.42. The summed E-state index contributed by atoms with van der Waals surface area (Å²) < 4.78 is 29.1. The summed E-state index contributed by atoms with van der Waals surface area (Å²) in [5, 5.41) is 10.8. The summed E-state index contributed by atoms with van der Waals surface area (Å²) in [6.07, 6.45) is 2.98. The predicted molar refractivity (Wildman–Crippen MR) is 118 cm³/mol. The first-order valence-electron chi connectivity index (χ1n) is 8.98. The molecule has 0 radical (unpaired) electrons. The molecule has 3 aromatic rings. The maximum Gasteiger partial charge on any atom is 0.248 e. The van der Waals surface area contributed by atoms with Crippen LogP contribution in [0.4, 0.5) is 5.69 Å². The summed E-state index contributed by atoms with van der Waals surface area (Å²) in [6, 6.07) is 11.9. The van der Waals surface area contributed by atoms with Crippen LogP contribution >= 0.6 is 11.3 Å². The van der Waals surface area contributed by atoms with Crippen molar-refractivity contribution in [2.24, 2.45) is 5.14 Å². The topological polar surface area (TPSA) is 111 Å². The number of nitrogens with zero attached hydrogens (tertiary/aromatic N) is 1. The molecule has 0 aliphatic heterocycles. The van der Waals surface area contributed by atoms with Crippen LogP contribution in [-0.4, -0.2) is 19.3 Å². The minimum atomic E-state index is -3.87. The fourth-order valence-corrected chi connectivity index (χ4v) is 4.12. The fourth-order valence-electron chi connectivity index (χ4n) is 2.71. The van der Waals surface area contributed by atoms with Crippen molar-refractivity contribution < 1.29 is 17.9 Å². The molecule has 1 amide bonds. The van der Waals surface area contributed by atoms with Crippen molar-refractivity contribution in [2.45, 2.75) is 25.3 Å². The highest BCUT2D eigenvalue weighted by atomic mass is 32.2. The van der Waals surface area contributed by atoms with Crippen molar-refractivity contribution in [3.8, 4) is 5.75 Å². The SMILES string of the molecule is Cc1nc(COc2ccccc2/C=C/C(=O)Nc2ccc(C)c(S(N)(=O)=O)c2)cs1. The van der Waals surface area contributed by atoms with Gasteiger partial charge in [-0.25, -0.2) is 18.5 Å². The number of hydrogen-bond acceptors (Lipinski definition) is 6. The lowest BCUT2D eigenvalue weighted by atomic mass is 10.2. The van der Waals surface area contributed by atoms with Gasteiger partial charge in [-0.3, -0.25) is 4.79 Å². The van der Waals surface area contributed by atoms with E-state index in [0.717, 1.165) is 16.3 Å². The molecule has 1 heterocycles. The van der Waals surface area contributed by atoms with Crippen molar-refractivity contribution in [1.29, 1.82) is 0 Å². The molecule has 0 bridgehead atoms. The zero-order valence-corrected chi connectivity index (χ0v) is 18.1. The van der Waals surface area contributed by atoms with E-state index in [4.69, 9.17) is 9.88 Å². The van der Waals surface area contributed by atoms with Gasteiger partial charge in [0.1, 0.15) is 12.4 Å². The van der Waals surface area contributed by atoms with Crippen LogP contribution in [0.5, 0.6) is 5.75 Å². The molecule has 1 aromatic heterocycles. The van der Waals surface area contributed by atoms with Crippen molar-refractivity contribution in [3.63, 3.8) is 0 Å². The largest absolute Gasteiger partial charge is 0.487 e. The highest BCUT2D eigenvalue weighted by Crippen LogP contribution is 2.22. The number of para-hydroxylation sites is 1. The number of primary sulfonamides is 1. The number of carbonyl (C=O) groups excluding carboxylic acids is 1. The van der Waals surface area contributed by atoms with E-state index in [2.05, 4.69) is 10.3 Å². The van der Waals surface area contributed by atoms with Gasteiger partial charge in [-0.1, -0.05) is 24.3 Å². The van der Waals surface area contributed by atoms with Crippen molar-refractivity contribution in [1.82, 2.24) is 4.98 Å². The first-order chi connectivity index (χ1) is 14.2. The maximum absolute atomic E-state index is 12.3. The van der Waals surface area contributed by atoms with Gasteiger partial charge in [-0.15, -0.1) is 11.3 Å². The molecule has 30 heavy (non-hydrogen) atoms. The molecule has 0 fully saturated rings. The number of carbonyl (C=O) groups is 1. The highest BCUT2D eigenvalue weighted by molar-refractivity contribution is 7.89. The number of benzene rings is 2. The molecule has 3 rings (SSSR count). The summed E-state index contributed by atoms with van der Waals surface area (Å²) in [5.74, 6) is 0.211. The lowest BCUT2D eigenvalue weighted by Gasteiger charge is -2.09. The van der Waals surface area contributed by atoms with E-state index in [9.17, 15) is 13.2 Å². The van der Waals surface area contributed by atoms with Crippen molar-refractivity contribution >= 4 is 39.0 Å². The second kappa shape index (κ2) is 9.21. The molecular formula is C21H21N3O4S2. The second-order valence-electron chi connectivity index (χ2n) is 6.53. The molecule has 0 saturated heterocycles. The van der Waals surface area contributed by atoms with Gasteiger partial charge >= 0.3 is 0 Å². The zero-order chi connectivity index (χ0) is 21.7. The number of ether oxygens (including phenoxy) is 1. The summed E-state index contributed by atoms with van der Waals surface area (Å²) >= 11 is 1.56. The molecule has 2 aromatic carbocycles. The third-order valence-corrected chi connectivity index (χ3v) is 6.01. The Kier molecular flexibility index (Phi) is 6.66. The Morgan fingerprint density at radius 1 is 1.23 bits per heavy atom. The van der Waals surface area contributed by atoms with E-state index in [0.29, 0.717) is 23.6 Å². The maximum atomic E-state index is 12.3. The van der Waals surface area contributed by atoms with Crippen LogP contribution in [0, 0.1) is 13.8 Å². The molecule has 0 unspecified atom stereocenters. The first kappa shape index (κ1) is 21.7. The number of amides is 1. The molecule has 0 aliphatic rings. The van der Waals surface area contributed by atoms with E-state index in [-0.39, 0.29) is 4.90 Å². The first-order valence-corrected chi connectivity index (χ1v) is 11.4. The van der Waals surface area contributed by atoms with Crippen LogP contribution in [0.1, 0.15) is 21.8 Å². The van der Waals surface area contributed by atoms with Gasteiger partial charge in [-0.2, -0.15) is 0 Å². The Hall–Kier alpha value is -3.01. The Labute approximate surface area is 179 Å². The number of anilines is 1. The summed E-state index contributed by atoms with van der Waals surface area (Å²) in [4.78, 5) is 16.6. The van der Waals surface area contributed by atoms with E-state index in [1.54, 1.807) is 36.5 Å². The lowest BCUT2D eigenvalue weighted by Crippen LogP contribution is -2.15. The normalized spacial score (nSPS) is 11.6. The lowest BCUT2D eigenvalue weighted by molar-refractivity contribution is -0.111. The summed E-state index contributed by atoms with van der Waals surface area (Å²) in [6.45, 7) is 3.90. The molecule has 7 nitrogen and oxygen atoms in total. The number of hydrogen-bond donors (Lipinski definition) is 2. The Bertz CT molecular complexity index is 1200. The van der Waals surface area contributed by atoms with Crippen LogP contribution in [-0.2, 0) is 21.4 Å². The number of sulfonamides is 1. The molecule has 0 aliphatic carbocycles. The average Bonchev–Trinajstić information content (AvgIpc) is 3.11. The van der Waals surface area contributed by atoms with Gasteiger partial charge in [0.05, 0.1) is 15.6 Å². The minimum absolute atomic E-state index is 0.0275. The second-order valence-corrected chi connectivity index (χ2v) is 9.12. The predicted octanol–water partition coefficient (Wildman–Crippen LogP) is 3.64. The highest BCUT2D eigenvalue weighted by Gasteiger charge is 2.12. The van der Waals surface area contributed by atoms with Gasteiger partial charge in [0.2, 0.25) is 15.9 Å². The van der Waals surface area contributed by atoms with Gasteiger partial charge < -0.3 is 10.1 Å². The molecule has 0 saturated carbocycles. The van der Waals surface area contributed by atoms with Gasteiger partial charge in [-0.05, 0) is 43.7 Å². The summed E-state index contributed by atoms with van der Waals surface area (Å²) in [7, 11) is -3.87. The van der Waals surface area contributed by atoms with Crippen LogP contribution in [0.25, 0.3) is 6.08 Å². The van der Waals surface area contributed by atoms with Crippen LogP contribution in [0.2, 0.25) is 0 Å². The van der Waals surface area contributed by atoms with Crippen LogP contribution in [0.3, 0.4) is 0 Å². The van der Waals surface area contributed by atoms with Crippen LogP contribution in [0.15, 0.2) is 58.8 Å². The fraction of sp³-hybridized carbons (Fsp3) is 0.143. The third kappa shape index (κ3) is 5.76. The Balaban J connectivity index is 1.69. The Morgan fingerprint density at radius 3 is 2.70 bits per heavy atom. The number of aryl methyl sites for hydroxylation is 2. The number of nitrogens with two attached hydrogens (primary N) is 1. The van der Waals surface area contributed by atoms with Crippen molar-refractivity contribution in [2.75, 3.05) is 5.32 Å². The number of aromatic nitrogens is 1. The van der Waals surface area contributed by atoms with Crippen molar-refractivity contribution in [3.05, 3.63) is 75.7 Å². The minimum Gasteiger partial charge on any atom is -0.487 e. The molecule has 156 valence electrons. The number of thiazole rings is 1. The van der Waals surface area contributed by atoms with E-state index in [1.165, 1.54) is 12.1 Å². The average molecular weight is 444 g/mol. The molecule has 9 heteroatoms. The van der Waals surface area contributed by atoms with Gasteiger partial charge in [0, 0.05) is 22.7 Å². The monoisotopic (exact) mass is 443 g/mol. The zero-order valence-electron chi connectivity index (χ0n) is 16.5. The molecule has 0 atom stereocenters. The third-order valence-electron chi connectivity index (χ3n) is 4.14. The Morgan fingerprint density at radius 2 is 2.00 bits per heavy atom. The number of rotatable bonds is 7. The van der Waals surface area contributed by atoms with Gasteiger partial charge in [0.25, 0.3) is 0 Å². The van der Waals surface area contributed by atoms with Crippen LogP contribution < -0.4 is 15.2 Å². The molecule has 0 spiro atoms. The van der Waals surface area contributed by atoms with E-state index in [1.807, 2.05) is 36.6 Å². The van der Waals surface area contributed by atoms with E-state index < -0.39 is 15.9 Å².